The maximum atomic E-state index is 6.68. The zero-order valence-corrected chi connectivity index (χ0v) is 32.3. The predicted octanol–water partition coefficient (Wildman–Crippen LogP) is 16.2. The van der Waals surface area contributed by atoms with E-state index in [-0.39, 0.29) is 0 Å². The van der Waals surface area contributed by atoms with Crippen LogP contribution in [-0.4, -0.2) is 0 Å². The number of benzene rings is 9. The van der Waals surface area contributed by atoms with Gasteiger partial charge in [-0.3, -0.25) is 0 Å². The van der Waals surface area contributed by atoms with Crippen molar-refractivity contribution in [2.45, 2.75) is 0 Å². The van der Waals surface area contributed by atoms with Gasteiger partial charge in [0.1, 0.15) is 11.2 Å². The third-order valence-corrected chi connectivity index (χ3v) is 12.1. The second kappa shape index (κ2) is 14.3. The number of hydrogen-bond donors (Lipinski definition) is 0. The molecule has 0 saturated carbocycles. The van der Waals surface area contributed by atoms with E-state index < -0.39 is 0 Å². The van der Waals surface area contributed by atoms with Gasteiger partial charge in [0.05, 0.1) is 0 Å². The Morgan fingerprint density at radius 2 is 0.776 bits per heavy atom. The van der Waals surface area contributed by atoms with Crippen molar-refractivity contribution >= 4 is 87.6 Å². The lowest BCUT2D eigenvalue weighted by Crippen LogP contribution is -2.10. The Hall–Kier alpha value is -7.40. The normalized spacial score (nSPS) is 11.4. The van der Waals surface area contributed by atoms with Gasteiger partial charge in [0, 0.05) is 71.1 Å². The molecule has 3 nitrogen and oxygen atoms in total. The zero-order valence-electron chi connectivity index (χ0n) is 31.5. The van der Waals surface area contributed by atoms with Crippen LogP contribution < -0.4 is 9.80 Å². The Labute approximate surface area is 340 Å². The molecule has 0 aliphatic carbocycles. The molecule has 0 unspecified atom stereocenters. The van der Waals surface area contributed by atoms with Crippen LogP contribution in [0.1, 0.15) is 0 Å². The van der Waals surface area contributed by atoms with Crippen LogP contribution in [0.15, 0.2) is 223 Å². The Bertz CT molecular complexity index is 3170. The quantitative estimate of drug-likeness (QED) is 0.154. The molecule has 0 radical (unpaired) electrons. The van der Waals surface area contributed by atoms with Gasteiger partial charge in [0.15, 0.2) is 0 Å². The van der Waals surface area contributed by atoms with Crippen molar-refractivity contribution in [3.05, 3.63) is 218 Å². The fourth-order valence-electron chi connectivity index (χ4n) is 8.27. The smallest absolute Gasteiger partial charge is 0.137 e. The van der Waals surface area contributed by atoms with Crippen molar-refractivity contribution in [2.24, 2.45) is 0 Å². The summed E-state index contributed by atoms with van der Waals surface area (Å²) in [5.74, 6) is 0. The molecule has 0 saturated heterocycles. The SMILES string of the molecule is c1ccc(-c2cc(-c3ccccc3)cc(N(c3ccccc3)c3ccc4oc5cc(N(c6ccccc6)c6ccc7c(c6)sc6ccccc67)ccc5c4c3)c2)cc1. The number of hydrogen-bond acceptors (Lipinski definition) is 4. The molecule has 2 aromatic heterocycles. The van der Waals surface area contributed by atoms with Crippen molar-refractivity contribution in [3.63, 3.8) is 0 Å². The highest BCUT2D eigenvalue weighted by atomic mass is 32.1. The summed E-state index contributed by atoms with van der Waals surface area (Å²) in [5.41, 5.74) is 12.8. The first-order valence-corrected chi connectivity index (χ1v) is 20.4. The van der Waals surface area contributed by atoms with Crippen LogP contribution in [0.25, 0.3) is 64.4 Å². The fourth-order valence-corrected chi connectivity index (χ4v) is 9.41. The highest BCUT2D eigenvalue weighted by Gasteiger charge is 2.20. The fraction of sp³-hybridized carbons (Fsp3) is 0. The molecule has 9 aromatic carbocycles. The Morgan fingerprint density at radius 3 is 1.43 bits per heavy atom. The van der Waals surface area contributed by atoms with E-state index in [0.717, 1.165) is 67.2 Å². The van der Waals surface area contributed by atoms with Crippen molar-refractivity contribution in [1.82, 2.24) is 0 Å². The van der Waals surface area contributed by atoms with E-state index in [1.54, 1.807) is 0 Å². The highest BCUT2D eigenvalue weighted by Crippen LogP contribution is 2.44. The molecule has 0 N–H and O–H groups in total. The highest BCUT2D eigenvalue weighted by molar-refractivity contribution is 7.25. The van der Waals surface area contributed by atoms with Crippen molar-refractivity contribution < 1.29 is 4.42 Å². The van der Waals surface area contributed by atoms with Gasteiger partial charge < -0.3 is 14.2 Å². The molecule has 58 heavy (non-hydrogen) atoms. The lowest BCUT2D eigenvalue weighted by molar-refractivity contribution is 0.669. The molecule has 2 heterocycles. The molecule has 11 aromatic rings. The average molecular weight is 761 g/mol. The van der Waals surface area contributed by atoms with Crippen LogP contribution in [0.3, 0.4) is 0 Å². The molecule has 4 heteroatoms. The summed E-state index contributed by atoms with van der Waals surface area (Å²) in [5, 5.41) is 4.73. The van der Waals surface area contributed by atoms with E-state index in [9.17, 15) is 0 Å². The van der Waals surface area contributed by atoms with Crippen molar-refractivity contribution in [3.8, 4) is 22.3 Å². The maximum Gasteiger partial charge on any atom is 0.137 e. The van der Waals surface area contributed by atoms with Crippen LogP contribution in [0, 0.1) is 0 Å². The van der Waals surface area contributed by atoms with Gasteiger partial charge in [-0.2, -0.15) is 0 Å². The van der Waals surface area contributed by atoms with Gasteiger partial charge in [-0.1, -0.05) is 121 Å². The Kier molecular flexibility index (Phi) is 8.34. The Morgan fingerprint density at radius 1 is 0.276 bits per heavy atom. The summed E-state index contributed by atoms with van der Waals surface area (Å²) in [7, 11) is 0. The molecule has 0 aliphatic rings. The van der Waals surface area contributed by atoms with Crippen LogP contribution in [0.4, 0.5) is 34.1 Å². The summed E-state index contributed by atoms with van der Waals surface area (Å²) < 4.78 is 9.25. The summed E-state index contributed by atoms with van der Waals surface area (Å²) in [6.07, 6.45) is 0. The molecular weight excluding hydrogens is 725 g/mol. The molecule has 0 spiro atoms. The molecule has 0 atom stereocenters. The first-order chi connectivity index (χ1) is 28.7. The zero-order chi connectivity index (χ0) is 38.4. The summed E-state index contributed by atoms with van der Waals surface area (Å²) in [6, 6.07) is 78.0. The number of rotatable bonds is 8. The molecule has 0 aliphatic heterocycles. The number of anilines is 6. The number of fused-ring (bicyclic) bond motifs is 6. The number of thiophene rings is 1. The monoisotopic (exact) mass is 760 g/mol. The third-order valence-electron chi connectivity index (χ3n) is 11.0. The van der Waals surface area contributed by atoms with E-state index in [1.165, 1.54) is 31.3 Å². The summed E-state index contributed by atoms with van der Waals surface area (Å²) in [4.78, 5) is 4.68. The lowest BCUT2D eigenvalue weighted by Gasteiger charge is -2.27. The van der Waals surface area contributed by atoms with Crippen LogP contribution in [0.5, 0.6) is 0 Å². The first kappa shape index (κ1) is 33.9. The molecule has 11 rings (SSSR count). The van der Waals surface area contributed by atoms with E-state index in [2.05, 4.69) is 228 Å². The van der Waals surface area contributed by atoms with E-state index >= 15 is 0 Å². The minimum absolute atomic E-state index is 0.845. The Balaban J connectivity index is 1.05. The molecule has 274 valence electrons. The van der Waals surface area contributed by atoms with Gasteiger partial charge in [-0.05, 0) is 113 Å². The maximum absolute atomic E-state index is 6.68. The van der Waals surface area contributed by atoms with Crippen LogP contribution in [0.2, 0.25) is 0 Å². The van der Waals surface area contributed by atoms with Crippen LogP contribution in [-0.2, 0) is 0 Å². The van der Waals surface area contributed by atoms with Crippen molar-refractivity contribution in [2.75, 3.05) is 9.80 Å². The predicted molar refractivity (Wildman–Crippen MR) is 247 cm³/mol. The molecule has 0 fully saturated rings. The number of furan rings is 1. The van der Waals surface area contributed by atoms with Crippen LogP contribution >= 0.6 is 11.3 Å². The number of nitrogens with zero attached hydrogens (tertiary/aromatic N) is 2. The molecular formula is C54H36N2OS. The minimum atomic E-state index is 0.845. The second-order valence-electron chi connectivity index (χ2n) is 14.6. The minimum Gasteiger partial charge on any atom is -0.456 e. The first-order valence-electron chi connectivity index (χ1n) is 19.6. The summed E-state index contributed by atoms with van der Waals surface area (Å²) in [6.45, 7) is 0. The van der Waals surface area contributed by atoms with Gasteiger partial charge >= 0.3 is 0 Å². The molecule has 0 amide bonds. The lowest BCUT2D eigenvalue weighted by atomic mass is 9.97. The number of para-hydroxylation sites is 2. The van der Waals surface area contributed by atoms with Crippen molar-refractivity contribution in [1.29, 1.82) is 0 Å². The van der Waals surface area contributed by atoms with E-state index in [0.29, 0.717) is 0 Å². The van der Waals surface area contributed by atoms with Gasteiger partial charge in [-0.15, -0.1) is 11.3 Å². The second-order valence-corrected chi connectivity index (χ2v) is 15.7. The summed E-state index contributed by atoms with van der Waals surface area (Å²) >= 11 is 1.84. The van der Waals surface area contributed by atoms with Gasteiger partial charge in [-0.25, -0.2) is 0 Å². The standard InChI is InChI=1S/C54H36N2OS/c1-5-15-37(16-6-1)39-31-40(38-17-7-2-8-18-38)33-46(32-39)56(42-21-11-4-12-22-42)43-27-30-51-50(34-43)47-28-25-44(35-52(47)57-51)55(41-19-9-3-10-20-41)45-26-29-49-48-23-13-14-24-53(48)58-54(49)36-45/h1-36H. The topological polar surface area (TPSA) is 19.6 Å². The average Bonchev–Trinajstić information content (AvgIpc) is 3.85. The third kappa shape index (κ3) is 6.08. The van der Waals surface area contributed by atoms with E-state index in [1.807, 2.05) is 11.3 Å². The van der Waals surface area contributed by atoms with E-state index in [4.69, 9.17) is 4.42 Å². The largest absolute Gasteiger partial charge is 0.456 e. The van der Waals surface area contributed by atoms with Gasteiger partial charge in [0.2, 0.25) is 0 Å². The van der Waals surface area contributed by atoms with Gasteiger partial charge in [0.25, 0.3) is 0 Å². The molecule has 0 bridgehead atoms.